The number of nitrogens with one attached hydrogen (secondary N) is 1. The van der Waals surface area contributed by atoms with Crippen LogP contribution in [0.4, 0.5) is 24.7 Å². The Balaban J connectivity index is 0.000000429. The van der Waals surface area contributed by atoms with Crippen molar-refractivity contribution in [1.29, 1.82) is 0 Å². The average molecular weight is 489 g/mol. The van der Waals surface area contributed by atoms with Gasteiger partial charge in [-0.3, -0.25) is 9.97 Å². The molecule has 8 nitrogen and oxygen atoms in total. The molecule has 11 heteroatoms. The van der Waals surface area contributed by atoms with E-state index in [0.717, 1.165) is 55.0 Å². The van der Waals surface area contributed by atoms with Crippen molar-refractivity contribution in [3.05, 3.63) is 60.8 Å². The summed E-state index contributed by atoms with van der Waals surface area (Å²) in [6, 6.07) is 12.0. The average Bonchev–Trinajstić information content (AvgIpc) is 2.85. The van der Waals surface area contributed by atoms with Crippen molar-refractivity contribution >= 4 is 17.5 Å². The second kappa shape index (κ2) is 12.1. The third-order valence-corrected chi connectivity index (χ3v) is 5.51. The molecule has 1 aliphatic heterocycles. The smallest absolute Gasteiger partial charge is 0.475 e. The van der Waals surface area contributed by atoms with Gasteiger partial charge >= 0.3 is 12.1 Å². The monoisotopic (exact) mass is 488 g/mol. The van der Waals surface area contributed by atoms with Crippen LogP contribution in [0.2, 0.25) is 0 Å². The number of carboxylic acid groups (broad SMARTS) is 1. The van der Waals surface area contributed by atoms with Crippen LogP contribution in [0.1, 0.15) is 25.1 Å². The Bertz CT molecular complexity index is 1080. The highest BCUT2D eigenvalue weighted by molar-refractivity contribution is 5.73. The first-order valence-electron chi connectivity index (χ1n) is 11.2. The Morgan fingerprint density at radius 3 is 2.37 bits per heavy atom. The minimum atomic E-state index is -5.08. The maximum atomic E-state index is 10.6. The minimum Gasteiger partial charge on any atom is -0.475 e. The fourth-order valence-electron chi connectivity index (χ4n) is 3.74. The molecule has 0 atom stereocenters. The van der Waals surface area contributed by atoms with E-state index < -0.39 is 12.1 Å². The van der Waals surface area contributed by atoms with Crippen molar-refractivity contribution in [2.24, 2.45) is 5.92 Å². The molecule has 0 spiro atoms. The van der Waals surface area contributed by atoms with Crippen LogP contribution in [0, 0.1) is 12.8 Å². The van der Waals surface area contributed by atoms with Crippen molar-refractivity contribution in [3.63, 3.8) is 0 Å². The van der Waals surface area contributed by atoms with Gasteiger partial charge in [-0.1, -0.05) is 6.07 Å². The molecule has 3 aromatic rings. The summed E-state index contributed by atoms with van der Waals surface area (Å²) in [7, 11) is 0. The fourth-order valence-corrected chi connectivity index (χ4v) is 3.74. The van der Waals surface area contributed by atoms with Crippen LogP contribution >= 0.6 is 0 Å². The molecule has 1 fully saturated rings. The third-order valence-electron chi connectivity index (χ3n) is 5.51. The minimum absolute atomic E-state index is 0.754. The molecular formula is C24H27F3N6O2. The summed E-state index contributed by atoms with van der Waals surface area (Å²) in [6.45, 7) is 5.08. The standard InChI is InChI=1S/C22H26N6.C2HF3O2/c1-17-26-21(20-4-2-3-10-24-20)16-22(27-17)25-13-5-18-8-14-28(15-9-18)19-6-11-23-12-7-19;3-2(4,5)1(6)7/h2-4,6-7,10-12,16,18H,5,8-9,13-15H2,1H3,(H,25,26,27);(H,6,7). The number of pyridine rings is 2. The molecule has 0 radical (unpaired) electrons. The van der Waals surface area contributed by atoms with Crippen molar-refractivity contribution < 1.29 is 23.1 Å². The molecule has 2 N–H and O–H groups in total. The summed E-state index contributed by atoms with van der Waals surface area (Å²) in [4.78, 5) is 28.9. The number of rotatable bonds is 6. The van der Waals surface area contributed by atoms with Crippen molar-refractivity contribution in [2.45, 2.75) is 32.4 Å². The molecule has 0 aliphatic carbocycles. The van der Waals surface area contributed by atoms with Crippen molar-refractivity contribution in [1.82, 2.24) is 19.9 Å². The number of carboxylic acids is 1. The van der Waals surface area contributed by atoms with Crippen LogP contribution in [-0.2, 0) is 4.79 Å². The molecule has 0 saturated carbocycles. The van der Waals surface area contributed by atoms with Gasteiger partial charge in [0.05, 0.1) is 11.4 Å². The maximum Gasteiger partial charge on any atom is 0.490 e. The van der Waals surface area contributed by atoms with Crippen molar-refractivity contribution in [3.8, 4) is 11.4 Å². The van der Waals surface area contributed by atoms with E-state index in [-0.39, 0.29) is 0 Å². The van der Waals surface area contributed by atoms with Gasteiger partial charge in [0.25, 0.3) is 0 Å². The molecule has 4 heterocycles. The Labute approximate surface area is 201 Å². The second-order valence-corrected chi connectivity index (χ2v) is 8.05. The molecule has 0 aromatic carbocycles. The van der Waals surface area contributed by atoms with Gasteiger partial charge in [-0.25, -0.2) is 14.8 Å². The zero-order chi connectivity index (χ0) is 25.3. The number of hydrogen-bond donors (Lipinski definition) is 2. The number of hydrogen-bond acceptors (Lipinski definition) is 7. The van der Waals surface area contributed by atoms with Gasteiger partial charge < -0.3 is 15.3 Å². The van der Waals surface area contributed by atoms with Gasteiger partial charge in [-0.15, -0.1) is 0 Å². The normalized spacial score (nSPS) is 14.1. The van der Waals surface area contributed by atoms with Gasteiger partial charge in [-0.2, -0.15) is 13.2 Å². The first-order chi connectivity index (χ1) is 16.7. The van der Waals surface area contributed by atoms with E-state index in [0.29, 0.717) is 0 Å². The lowest BCUT2D eigenvalue weighted by atomic mass is 9.93. The summed E-state index contributed by atoms with van der Waals surface area (Å²) < 4.78 is 31.7. The van der Waals surface area contributed by atoms with E-state index in [4.69, 9.17) is 9.90 Å². The van der Waals surface area contributed by atoms with E-state index in [1.807, 2.05) is 43.6 Å². The maximum absolute atomic E-state index is 10.6. The zero-order valence-corrected chi connectivity index (χ0v) is 19.2. The number of carbonyl (C=O) groups is 1. The summed E-state index contributed by atoms with van der Waals surface area (Å²) in [5.74, 6) is -0.366. The van der Waals surface area contributed by atoms with Gasteiger partial charge in [0.1, 0.15) is 11.6 Å². The summed E-state index contributed by atoms with van der Waals surface area (Å²) in [6.07, 6.45) is 4.06. The number of aromatic nitrogens is 4. The Morgan fingerprint density at radius 1 is 1.09 bits per heavy atom. The number of alkyl halides is 3. The summed E-state index contributed by atoms with van der Waals surface area (Å²) in [5.41, 5.74) is 3.02. The van der Waals surface area contributed by atoms with Crippen LogP contribution in [0.25, 0.3) is 11.4 Å². The van der Waals surface area contributed by atoms with E-state index in [9.17, 15) is 13.2 Å². The number of anilines is 2. The van der Waals surface area contributed by atoms with Crippen LogP contribution in [0.5, 0.6) is 0 Å². The molecule has 1 saturated heterocycles. The molecule has 1 aliphatic rings. The van der Waals surface area contributed by atoms with E-state index in [1.165, 1.54) is 18.5 Å². The molecular weight excluding hydrogens is 461 g/mol. The van der Waals surface area contributed by atoms with Crippen LogP contribution in [0.15, 0.2) is 55.0 Å². The Kier molecular flexibility index (Phi) is 8.93. The lowest BCUT2D eigenvalue weighted by molar-refractivity contribution is -0.192. The lowest BCUT2D eigenvalue weighted by Crippen LogP contribution is -2.34. The first kappa shape index (κ1) is 25.9. The Morgan fingerprint density at radius 2 is 1.77 bits per heavy atom. The second-order valence-electron chi connectivity index (χ2n) is 8.05. The topological polar surface area (TPSA) is 104 Å². The highest BCUT2D eigenvalue weighted by Crippen LogP contribution is 2.25. The zero-order valence-electron chi connectivity index (χ0n) is 19.2. The molecule has 3 aromatic heterocycles. The quantitative estimate of drug-likeness (QED) is 0.519. The number of aryl methyl sites for hydroxylation is 1. The lowest BCUT2D eigenvalue weighted by Gasteiger charge is -2.33. The van der Waals surface area contributed by atoms with Crippen LogP contribution in [-0.4, -0.2) is 56.8 Å². The van der Waals surface area contributed by atoms with Crippen LogP contribution in [0.3, 0.4) is 0 Å². The number of piperidine rings is 1. The predicted octanol–water partition coefficient (Wildman–Crippen LogP) is 4.59. The van der Waals surface area contributed by atoms with Gasteiger partial charge in [-0.05, 0) is 56.4 Å². The molecule has 0 unspecified atom stereocenters. The molecule has 0 amide bonds. The highest BCUT2D eigenvalue weighted by Gasteiger charge is 2.38. The number of aliphatic carboxylic acids is 1. The van der Waals surface area contributed by atoms with E-state index >= 15 is 0 Å². The largest absolute Gasteiger partial charge is 0.490 e. The summed E-state index contributed by atoms with van der Waals surface area (Å²) in [5, 5.41) is 10.6. The van der Waals surface area contributed by atoms with Gasteiger partial charge in [0.15, 0.2) is 0 Å². The summed E-state index contributed by atoms with van der Waals surface area (Å²) >= 11 is 0. The van der Waals surface area contributed by atoms with E-state index in [1.54, 1.807) is 6.20 Å². The number of nitrogens with zero attached hydrogens (tertiary/aromatic N) is 5. The van der Waals surface area contributed by atoms with Gasteiger partial charge in [0, 0.05) is 50.0 Å². The molecule has 0 bridgehead atoms. The van der Waals surface area contributed by atoms with Crippen LogP contribution < -0.4 is 10.2 Å². The van der Waals surface area contributed by atoms with Crippen molar-refractivity contribution in [2.75, 3.05) is 29.9 Å². The first-order valence-corrected chi connectivity index (χ1v) is 11.2. The van der Waals surface area contributed by atoms with E-state index in [2.05, 4.69) is 42.3 Å². The molecule has 186 valence electrons. The molecule has 4 rings (SSSR count). The Hall–Kier alpha value is -3.76. The third kappa shape index (κ3) is 8.20. The number of halogens is 3. The fraction of sp³-hybridized carbons (Fsp3) is 0.375. The van der Waals surface area contributed by atoms with Gasteiger partial charge in [0.2, 0.25) is 0 Å². The predicted molar refractivity (Wildman–Crippen MR) is 126 cm³/mol. The molecule has 35 heavy (non-hydrogen) atoms. The highest BCUT2D eigenvalue weighted by atomic mass is 19.4. The SMILES string of the molecule is Cc1nc(NCCC2CCN(c3ccncc3)CC2)cc(-c2ccccn2)n1.O=C(O)C(F)(F)F.